The zero-order valence-corrected chi connectivity index (χ0v) is 9.55. The molecule has 0 bridgehead atoms. The van der Waals surface area contributed by atoms with Crippen LogP contribution in [0, 0.1) is 0 Å². The maximum Gasteiger partial charge on any atom is 4.00 e. The molecular weight excluding hydrogens is 330 g/mol. The largest absolute Gasteiger partial charge is 4.00 e. The number of hydrogen-bond donors (Lipinski definition) is 0. The smallest absolute Gasteiger partial charge is 0.870 e. The van der Waals surface area contributed by atoms with Gasteiger partial charge in [-0.3, -0.25) is 0 Å². The van der Waals surface area contributed by atoms with Gasteiger partial charge in [-0.1, -0.05) is 0 Å². The Balaban J connectivity index is 0. The Morgan fingerprint density at radius 2 is 0.364 bits per heavy atom. The predicted octanol–water partition coefficient (Wildman–Crippen LogP) is -1.42. The molecule has 0 aliphatic heterocycles. The van der Waals surface area contributed by atoms with Crippen molar-refractivity contribution in [1.82, 2.24) is 0 Å². The van der Waals surface area contributed by atoms with Crippen molar-refractivity contribution in [3.05, 3.63) is 0 Å². The van der Waals surface area contributed by atoms with Crippen LogP contribution in [0.1, 0.15) is 0 Å². The molecule has 0 aromatic rings. The molecule has 0 fully saturated rings. The molecule has 0 saturated carbocycles. The first-order valence-corrected chi connectivity index (χ1v) is 0. The average Bonchev–Trinajstić information content (AvgIpc) is 0. The summed E-state index contributed by atoms with van der Waals surface area (Å²) < 4.78 is 0. The zero-order valence-electron chi connectivity index (χ0n) is 4.81. The van der Waals surface area contributed by atoms with Crippen LogP contribution in [0.5, 0.6) is 0 Å². The predicted molar refractivity (Wildman–Crippen MR) is 15.5 cm³/mol. The third-order valence-electron chi connectivity index (χ3n) is 0. The van der Waals surface area contributed by atoms with E-state index < -0.39 is 0 Å². The molecule has 1 radical (unpaired) electrons. The summed E-state index contributed by atoms with van der Waals surface area (Å²) in [4.78, 5) is 0. The first kappa shape index (κ1) is 661. The molecule has 0 heterocycles. The molecule has 0 aliphatic rings. The van der Waals surface area contributed by atoms with Gasteiger partial charge in [0.25, 0.3) is 0 Å². The van der Waals surface area contributed by atoms with E-state index in [1.807, 2.05) is 0 Å². The molecule has 0 aliphatic carbocycles. The van der Waals surface area contributed by atoms with Crippen molar-refractivity contribution in [2.75, 3.05) is 0 Å². The van der Waals surface area contributed by atoms with E-state index in [1.165, 1.54) is 0 Å². The van der Waals surface area contributed by atoms with E-state index in [-0.39, 0.29) is 104 Å². The molecular formula is H8FeMnO8Zr. The van der Waals surface area contributed by atoms with Crippen molar-refractivity contribution in [2.24, 2.45) is 0 Å². The standard InChI is InChI=1S/Fe.Mn.8H2O.Zr/h;;8*1H2;/q2*+2;;;;;;;;;+4/p-8. The Bertz CT molecular complexity index is 14.1. The SMILES string of the molecule is [Fe+2].[Mn+2].[OH-].[OH-].[OH-].[OH-].[OH-].[OH-].[OH-].[OH-].[Zr+4]. The van der Waals surface area contributed by atoms with E-state index in [1.54, 1.807) is 0 Å². The second-order valence-corrected chi connectivity index (χ2v) is 0. The third-order valence-corrected chi connectivity index (χ3v) is 0. The van der Waals surface area contributed by atoms with E-state index in [4.69, 9.17) is 0 Å². The van der Waals surface area contributed by atoms with Gasteiger partial charge < -0.3 is 43.8 Å². The van der Waals surface area contributed by atoms with E-state index in [0.29, 0.717) is 0 Å². The fourth-order valence-electron chi connectivity index (χ4n) is 0. The van der Waals surface area contributed by atoms with Crippen molar-refractivity contribution in [1.29, 1.82) is 0 Å². The van der Waals surface area contributed by atoms with Gasteiger partial charge in [-0.25, -0.2) is 0 Å². The van der Waals surface area contributed by atoms with Gasteiger partial charge in [0, 0.05) is 0 Å². The second-order valence-electron chi connectivity index (χ2n) is 0. The summed E-state index contributed by atoms with van der Waals surface area (Å²) in [5.74, 6) is 0. The molecule has 11 heteroatoms. The van der Waals surface area contributed by atoms with Gasteiger partial charge in [-0.2, -0.15) is 0 Å². The van der Waals surface area contributed by atoms with Crippen LogP contribution in [-0.2, 0) is 60.3 Å². The Morgan fingerprint density at radius 1 is 0.364 bits per heavy atom. The molecule has 0 rings (SSSR count). The topological polar surface area (TPSA) is 240 Å². The molecule has 8 nitrogen and oxygen atoms in total. The van der Waals surface area contributed by atoms with Crippen LogP contribution in [-0.4, -0.2) is 43.8 Å². The van der Waals surface area contributed by atoms with Crippen molar-refractivity contribution in [3.63, 3.8) is 0 Å². The number of rotatable bonds is 0. The summed E-state index contributed by atoms with van der Waals surface area (Å²) in [5, 5.41) is 0. The van der Waals surface area contributed by atoms with E-state index >= 15 is 0 Å². The molecule has 0 aromatic heterocycles. The van der Waals surface area contributed by atoms with E-state index in [2.05, 4.69) is 0 Å². The Labute approximate surface area is 104 Å². The van der Waals surface area contributed by atoms with Crippen molar-refractivity contribution in [2.45, 2.75) is 0 Å². The summed E-state index contributed by atoms with van der Waals surface area (Å²) in [5.41, 5.74) is 0. The van der Waals surface area contributed by atoms with Crippen LogP contribution in [0.4, 0.5) is 0 Å². The summed E-state index contributed by atoms with van der Waals surface area (Å²) in [6.07, 6.45) is 0. The fourth-order valence-corrected chi connectivity index (χ4v) is 0. The molecule has 0 atom stereocenters. The number of hydrogen-bond acceptors (Lipinski definition) is 8. The Kier molecular flexibility index (Phi) is 30500. The first-order chi connectivity index (χ1) is 0. The second kappa shape index (κ2) is 508. The van der Waals surface area contributed by atoms with E-state index in [0.717, 1.165) is 0 Å². The molecule has 0 amide bonds. The maximum absolute atomic E-state index is 0. The molecule has 75 valence electrons. The summed E-state index contributed by atoms with van der Waals surface area (Å²) >= 11 is 0. The van der Waals surface area contributed by atoms with Crippen molar-refractivity contribution >= 4 is 0 Å². The van der Waals surface area contributed by atoms with Crippen molar-refractivity contribution in [3.8, 4) is 0 Å². The van der Waals surface area contributed by atoms with Gasteiger partial charge in [-0.05, 0) is 0 Å². The Hall–Kier alpha value is 1.60. The van der Waals surface area contributed by atoms with Crippen LogP contribution in [0.3, 0.4) is 0 Å². The van der Waals surface area contributed by atoms with E-state index in [9.17, 15) is 0 Å². The normalized spacial score (nSPS) is 0. The van der Waals surface area contributed by atoms with Crippen LogP contribution in [0.2, 0.25) is 0 Å². The minimum absolute atomic E-state index is 0. The van der Waals surface area contributed by atoms with Gasteiger partial charge in [-0.15, -0.1) is 0 Å². The van der Waals surface area contributed by atoms with Gasteiger partial charge in [0.1, 0.15) is 0 Å². The summed E-state index contributed by atoms with van der Waals surface area (Å²) in [6.45, 7) is 0. The summed E-state index contributed by atoms with van der Waals surface area (Å²) in [6, 6.07) is 0. The van der Waals surface area contributed by atoms with Crippen LogP contribution < -0.4 is 0 Å². The van der Waals surface area contributed by atoms with Crippen LogP contribution in [0.15, 0.2) is 0 Å². The molecule has 0 unspecified atom stereocenters. The van der Waals surface area contributed by atoms with Crippen molar-refractivity contribution < 1.29 is 104 Å². The molecule has 0 spiro atoms. The molecule has 0 saturated heterocycles. The molecule has 0 aromatic carbocycles. The minimum Gasteiger partial charge on any atom is -0.870 e. The zero-order chi connectivity index (χ0) is 0. The Morgan fingerprint density at radius 3 is 0.364 bits per heavy atom. The first-order valence-electron chi connectivity index (χ1n) is 0. The van der Waals surface area contributed by atoms with Gasteiger partial charge in [0.05, 0.1) is 0 Å². The monoisotopic (exact) mass is 337 g/mol. The van der Waals surface area contributed by atoms with Gasteiger partial charge in [0.15, 0.2) is 0 Å². The average molecular weight is 338 g/mol. The maximum atomic E-state index is 0. The van der Waals surface area contributed by atoms with Gasteiger partial charge in [0.2, 0.25) is 0 Å². The summed E-state index contributed by atoms with van der Waals surface area (Å²) in [7, 11) is 0. The molecule has 11 heavy (non-hydrogen) atoms. The fraction of sp³-hybridized carbons (Fsp3) is 0. The van der Waals surface area contributed by atoms with Crippen LogP contribution in [0.25, 0.3) is 0 Å². The van der Waals surface area contributed by atoms with Gasteiger partial charge >= 0.3 is 60.3 Å². The van der Waals surface area contributed by atoms with Crippen LogP contribution >= 0.6 is 0 Å². The molecule has 8 N–H and O–H groups in total. The minimum atomic E-state index is 0. The third kappa shape index (κ3) is 417. The quantitative estimate of drug-likeness (QED) is 0.473.